The lowest BCUT2D eigenvalue weighted by Crippen LogP contribution is -2.13. The van der Waals surface area contributed by atoms with E-state index in [0.29, 0.717) is 24.0 Å². The third kappa shape index (κ3) is 4.55. The quantitative estimate of drug-likeness (QED) is 0.573. The second-order valence-corrected chi connectivity index (χ2v) is 7.10. The lowest BCUT2D eigenvalue weighted by atomic mass is 10.3. The lowest BCUT2D eigenvalue weighted by Gasteiger charge is -2.12. The molecule has 0 saturated carbocycles. The van der Waals surface area contributed by atoms with Crippen LogP contribution in [0.1, 0.15) is 5.69 Å². The van der Waals surface area contributed by atoms with E-state index in [-0.39, 0.29) is 0 Å². The van der Waals surface area contributed by atoms with Crippen LogP contribution in [0, 0.1) is 6.92 Å². The molecule has 8 heteroatoms. The van der Waals surface area contributed by atoms with Crippen LogP contribution in [0.2, 0.25) is 5.02 Å². The molecule has 0 bridgehead atoms. The fraction of sp³-hybridized carbons (Fsp3) is 0.231. The molecule has 1 aromatic carbocycles. The van der Waals surface area contributed by atoms with Gasteiger partial charge in [-0.05, 0) is 50.9 Å². The van der Waals surface area contributed by atoms with E-state index in [9.17, 15) is 0 Å². The van der Waals surface area contributed by atoms with Crippen LogP contribution >= 0.6 is 59.4 Å². The zero-order chi connectivity index (χ0) is 15.4. The third-order valence-corrected chi connectivity index (χ3v) is 4.66. The number of rotatable bonds is 5. The first-order valence-electron chi connectivity index (χ1n) is 5.97. The molecule has 0 radical (unpaired) electrons. The molecule has 0 aliphatic heterocycles. The smallest absolute Gasteiger partial charge is 0.148 e. The predicted molar refractivity (Wildman–Crippen MR) is 95.3 cm³/mol. The van der Waals surface area contributed by atoms with Gasteiger partial charge in [0.05, 0.1) is 21.2 Å². The molecule has 112 valence electrons. The highest BCUT2D eigenvalue weighted by Gasteiger charge is 2.09. The van der Waals surface area contributed by atoms with Gasteiger partial charge in [-0.1, -0.05) is 27.5 Å². The summed E-state index contributed by atoms with van der Waals surface area (Å²) >= 11 is 16.5. The highest BCUT2D eigenvalue weighted by atomic mass is 79.9. The Morgan fingerprint density at radius 1 is 1.19 bits per heavy atom. The first-order chi connectivity index (χ1) is 9.99. The van der Waals surface area contributed by atoms with Crippen LogP contribution in [0.15, 0.2) is 31.9 Å². The van der Waals surface area contributed by atoms with Crippen LogP contribution in [0.4, 0.5) is 5.82 Å². The van der Waals surface area contributed by atoms with Crippen molar-refractivity contribution in [2.75, 3.05) is 18.5 Å². The maximum absolute atomic E-state index is 6.11. The van der Waals surface area contributed by atoms with E-state index >= 15 is 0 Å². The van der Waals surface area contributed by atoms with Crippen LogP contribution < -0.4 is 10.1 Å². The Kier molecular flexibility index (Phi) is 6.28. The Hall–Kier alpha value is -0.370. The number of aromatic nitrogens is 2. The minimum atomic E-state index is 0.470. The summed E-state index contributed by atoms with van der Waals surface area (Å²) in [6.45, 7) is 2.88. The van der Waals surface area contributed by atoms with Crippen molar-refractivity contribution in [1.29, 1.82) is 0 Å². The topological polar surface area (TPSA) is 47.0 Å². The van der Waals surface area contributed by atoms with E-state index in [4.69, 9.17) is 16.3 Å². The van der Waals surface area contributed by atoms with E-state index in [1.165, 1.54) is 6.33 Å². The monoisotopic (exact) mass is 497 g/mol. The Labute approximate surface area is 153 Å². The molecule has 2 rings (SSSR count). The molecule has 21 heavy (non-hydrogen) atoms. The molecule has 1 N–H and O–H groups in total. The molecule has 0 fully saturated rings. The second kappa shape index (κ2) is 7.76. The number of nitrogens with zero attached hydrogens (tertiary/aromatic N) is 2. The van der Waals surface area contributed by atoms with Crippen LogP contribution in [-0.2, 0) is 0 Å². The van der Waals surface area contributed by atoms with Crippen molar-refractivity contribution in [1.82, 2.24) is 9.97 Å². The Morgan fingerprint density at radius 3 is 2.52 bits per heavy atom. The molecule has 4 nitrogen and oxygen atoms in total. The number of hydrogen-bond acceptors (Lipinski definition) is 4. The number of aryl methyl sites for hydroxylation is 1. The first kappa shape index (κ1) is 17.0. The fourth-order valence-electron chi connectivity index (χ4n) is 1.57. The minimum Gasteiger partial charge on any atom is -0.489 e. The fourth-order valence-corrected chi connectivity index (χ4v) is 4.22. The molecular weight excluding hydrogens is 489 g/mol. The molecular formula is C13H11Br3ClN3O. The molecule has 0 spiro atoms. The summed E-state index contributed by atoms with van der Waals surface area (Å²) in [7, 11) is 0. The summed E-state index contributed by atoms with van der Waals surface area (Å²) in [5.41, 5.74) is 0.744. The normalized spacial score (nSPS) is 10.5. The third-order valence-electron chi connectivity index (χ3n) is 2.57. The van der Waals surface area contributed by atoms with Crippen molar-refractivity contribution in [3.63, 3.8) is 0 Å². The molecule has 0 saturated heterocycles. The van der Waals surface area contributed by atoms with Crippen LogP contribution in [0.5, 0.6) is 5.75 Å². The predicted octanol–water partition coefficient (Wildman–Crippen LogP) is 5.22. The summed E-state index contributed by atoms with van der Waals surface area (Å²) in [5.74, 6) is 1.37. The van der Waals surface area contributed by atoms with Crippen molar-refractivity contribution in [3.05, 3.63) is 42.6 Å². The molecule has 0 aliphatic rings. The highest BCUT2D eigenvalue weighted by molar-refractivity contribution is 9.11. The van der Waals surface area contributed by atoms with E-state index < -0.39 is 0 Å². The average molecular weight is 500 g/mol. The van der Waals surface area contributed by atoms with Gasteiger partial charge in [0, 0.05) is 4.47 Å². The van der Waals surface area contributed by atoms with Gasteiger partial charge in [-0.25, -0.2) is 9.97 Å². The van der Waals surface area contributed by atoms with Crippen LogP contribution in [0.25, 0.3) is 0 Å². The molecule has 0 aliphatic carbocycles. The number of anilines is 1. The van der Waals surface area contributed by atoms with Gasteiger partial charge >= 0.3 is 0 Å². The maximum atomic E-state index is 6.11. The molecule has 1 aromatic heterocycles. The van der Waals surface area contributed by atoms with Crippen molar-refractivity contribution in [3.8, 4) is 5.75 Å². The van der Waals surface area contributed by atoms with Crippen LogP contribution in [-0.4, -0.2) is 23.1 Å². The summed E-state index contributed by atoms with van der Waals surface area (Å²) in [4.78, 5) is 8.11. The maximum Gasteiger partial charge on any atom is 0.148 e. The highest BCUT2D eigenvalue weighted by Crippen LogP contribution is 2.36. The number of ether oxygens (including phenoxy) is 1. The van der Waals surface area contributed by atoms with Crippen molar-refractivity contribution in [2.45, 2.75) is 6.92 Å². The minimum absolute atomic E-state index is 0.470. The second-order valence-electron chi connectivity index (χ2n) is 4.10. The summed E-state index contributed by atoms with van der Waals surface area (Å²) in [6.07, 6.45) is 1.48. The van der Waals surface area contributed by atoms with Crippen molar-refractivity contribution < 1.29 is 4.74 Å². The Balaban J connectivity index is 1.92. The Morgan fingerprint density at radius 2 is 1.86 bits per heavy atom. The van der Waals surface area contributed by atoms with Gasteiger partial charge < -0.3 is 10.1 Å². The molecule has 0 unspecified atom stereocenters. The van der Waals surface area contributed by atoms with Crippen molar-refractivity contribution >= 4 is 65.2 Å². The Bertz CT molecular complexity index is 632. The van der Waals surface area contributed by atoms with Gasteiger partial charge in [0.15, 0.2) is 0 Å². The first-order valence-corrected chi connectivity index (χ1v) is 8.73. The number of halogens is 4. The van der Waals surface area contributed by atoms with Crippen LogP contribution in [0.3, 0.4) is 0 Å². The SMILES string of the molecule is Cc1ncnc(NCCOc2c(Br)cc(Br)cc2Br)c1Cl. The largest absolute Gasteiger partial charge is 0.489 e. The van der Waals surface area contributed by atoms with E-state index in [1.54, 1.807) is 0 Å². The molecule has 1 heterocycles. The molecule has 2 aromatic rings. The van der Waals surface area contributed by atoms with Gasteiger partial charge in [0.1, 0.15) is 29.5 Å². The van der Waals surface area contributed by atoms with Gasteiger partial charge in [-0.2, -0.15) is 0 Å². The summed E-state index contributed by atoms with van der Waals surface area (Å²) < 4.78 is 8.47. The van der Waals surface area contributed by atoms with E-state index in [1.807, 2.05) is 19.1 Å². The summed E-state index contributed by atoms with van der Waals surface area (Å²) in [6, 6.07) is 3.86. The van der Waals surface area contributed by atoms with Gasteiger partial charge in [0.2, 0.25) is 0 Å². The number of benzene rings is 1. The zero-order valence-corrected chi connectivity index (χ0v) is 16.5. The standard InChI is InChI=1S/C13H11Br3ClN3O/c1-7-11(17)13(20-6-19-7)18-2-3-21-12-9(15)4-8(14)5-10(12)16/h4-6H,2-3H2,1H3,(H,18,19,20). The van der Waals surface area contributed by atoms with E-state index in [0.717, 1.165) is 24.9 Å². The van der Waals surface area contributed by atoms with Gasteiger partial charge in [-0.3, -0.25) is 0 Å². The average Bonchev–Trinajstić information content (AvgIpc) is 2.41. The lowest BCUT2D eigenvalue weighted by molar-refractivity contribution is 0.328. The van der Waals surface area contributed by atoms with Gasteiger partial charge in [-0.15, -0.1) is 0 Å². The van der Waals surface area contributed by atoms with Gasteiger partial charge in [0.25, 0.3) is 0 Å². The zero-order valence-electron chi connectivity index (χ0n) is 11.0. The van der Waals surface area contributed by atoms with Crippen molar-refractivity contribution in [2.24, 2.45) is 0 Å². The van der Waals surface area contributed by atoms with E-state index in [2.05, 4.69) is 63.1 Å². The summed E-state index contributed by atoms with van der Waals surface area (Å²) in [5, 5.41) is 3.66. The molecule has 0 atom stereocenters. The number of nitrogens with one attached hydrogen (secondary N) is 1. The number of hydrogen-bond donors (Lipinski definition) is 1. The molecule has 0 amide bonds.